The molecule has 0 N–H and O–H groups in total. The first-order valence-corrected chi connectivity index (χ1v) is 25.3. The van der Waals surface area contributed by atoms with Crippen molar-refractivity contribution in [1.29, 1.82) is 0 Å². The van der Waals surface area contributed by atoms with E-state index in [1.807, 2.05) is 0 Å². The van der Waals surface area contributed by atoms with Crippen molar-refractivity contribution in [3.63, 3.8) is 0 Å². The highest BCUT2D eigenvalue weighted by molar-refractivity contribution is 7.00. The maximum Gasteiger partial charge on any atom is 0.252 e. The van der Waals surface area contributed by atoms with E-state index in [9.17, 15) is 0 Å². The molecule has 0 saturated heterocycles. The highest BCUT2D eigenvalue weighted by atomic mass is 15.2. The van der Waals surface area contributed by atoms with Crippen LogP contribution >= 0.6 is 0 Å². The van der Waals surface area contributed by atoms with Gasteiger partial charge in [0.2, 0.25) is 0 Å². The summed E-state index contributed by atoms with van der Waals surface area (Å²) in [6, 6.07) is 54.7. The quantitative estimate of drug-likeness (QED) is 0.162. The first-order chi connectivity index (χ1) is 31.7. The van der Waals surface area contributed by atoms with Crippen molar-refractivity contribution in [3.8, 4) is 22.3 Å². The lowest BCUT2D eigenvalue weighted by atomic mass is 9.33. The van der Waals surface area contributed by atoms with Crippen molar-refractivity contribution < 1.29 is 0 Å². The molecule has 0 unspecified atom stereocenters. The van der Waals surface area contributed by atoms with Gasteiger partial charge in [-0.2, -0.15) is 0 Å². The summed E-state index contributed by atoms with van der Waals surface area (Å²) in [5.74, 6) is 0. The van der Waals surface area contributed by atoms with Crippen LogP contribution in [0.2, 0.25) is 0 Å². The van der Waals surface area contributed by atoms with Gasteiger partial charge in [0.05, 0.1) is 5.69 Å². The molecule has 7 aromatic rings. The standard InChI is InChI=1S/C65H73BN2/c1-60(2,3)44-26-21-27-48(33-44)67-55-35-46(62(7,8)9)28-30-52(55)66-53-38-50-51(65(15,16)40-64(50,13)14)39-56(53)68(58-37-47(63(10,11)12)36-57(67)59(58)66)54-31-29-45(61(4,5)6)34-49(54)43-25-20-24-42(32-43)41-22-18-17-19-23-41/h17-39H,40H2,1-16H3. The van der Waals surface area contributed by atoms with Crippen LogP contribution in [-0.2, 0) is 32.5 Å². The molecule has 7 aromatic carbocycles. The van der Waals surface area contributed by atoms with Gasteiger partial charge in [-0.3, -0.25) is 0 Å². The molecule has 3 heteroatoms. The Morgan fingerprint density at radius 1 is 0.382 bits per heavy atom. The second-order valence-corrected chi connectivity index (χ2v) is 25.9. The van der Waals surface area contributed by atoms with Crippen LogP contribution in [0.4, 0.5) is 34.1 Å². The number of benzene rings is 7. The Kier molecular flexibility index (Phi) is 10.4. The van der Waals surface area contributed by atoms with E-state index in [4.69, 9.17) is 0 Å². The van der Waals surface area contributed by atoms with E-state index >= 15 is 0 Å². The fraction of sp³-hybridized carbons (Fsp3) is 0.354. The van der Waals surface area contributed by atoms with Gasteiger partial charge in [-0.15, -0.1) is 0 Å². The second-order valence-electron chi connectivity index (χ2n) is 25.9. The topological polar surface area (TPSA) is 6.48 Å². The second kappa shape index (κ2) is 15.4. The molecule has 1 aliphatic carbocycles. The van der Waals surface area contributed by atoms with Crippen LogP contribution in [0, 0.1) is 0 Å². The van der Waals surface area contributed by atoms with Crippen LogP contribution in [0.3, 0.4) is 0 Å². The van der Waals surface area contributed by atoms with Gasteiger partial charge in [-0.05, 0) is 160 Å². The van der Waals surface area contributed by atoms with E-state index in [2.05, 4.69) is 260 Å². The minimum absolute atomic E-state index is 0.0127. The van der Waals surface area contributed by atoms with Gasteiger partial charge in [0.15, 0.2) is 0 Å². The molecule has 68 heavy (non-hydrogen) atoms. The molecule has 0 amide bonds. The highest BCUT2D eigenvalue weighted by Gasteiger charge is 2.49. The van der Waals surface area contributed by atoms with E-state index < -0.39 is 0 Å². The summed E-state index contributed by atoms with van der Waals surface area (Å²) in [7, 11) is 0. The third-order valence-electron chi connectivity index (χ3n) is 15.6. The Hall–Kier alpha value is -5.80. The molecule has 0 aromatic heterocycles. The predicted octanol–water partition coefficient (Wildman–Crippen LogP) is 16.3. The monoisotopic (exact) mass is 893 g/mol. The van der Waals surface area contributed by atoms with Crippen molar-refractivity contribution in [2.24, 2.45) is 0 Å². The number of rotatable bonds is 4. The van der Waals surface area contributed by atoms with Gasteiger partial charge in [0, 0.05) is 34.0 Å². The van der Waals surface area contributed by atoms with Crippen LogP contribution in [0.5, 0.6) is 0 Å². The van der Waals surface area contributed by atoms with Crippen molar-refractivity contribution >= 4 is 57.2 Å². The number of hydrogen-bond donors (Lipinski definition) is 0. The minimum Gasteiger partial charge on any atom is -0.311 e. The molecule has 0 saturated carbocycles. The molecule has 2 aliphatic heterocycles. The largest absolute Gasteiger partial charge is 0.311 e. The Morgan fingerprint density at radius 2 is 0.897 bits per heavy atom. The van der Waals surface area contributed by atoms with E-state index in [0.29, 0.717) is 0 Å². The summed E-state index contributed by atoms with van der Waals surface area (Å²) in [5, 5.41) is 0. The van der Waals surface area contributed by atoms with Crippen LogP contribution in [0.1, 0.15) is 151 Å². The molecular weight excluding hydrogens is 820 g/mol. The van der Waals surface area contributed by atoms with Gasteiger partial charge < -0.3 is 9.80 Å². The van der Waals surface area contributed by atoms with Gasteiger partial charge >= 0.3 is 0 Å². The maximum absolute atomic E-state index is 2.71. The van der Waals surface area contributed by atoms with Gasteiger partial charge in [0.1, 0.15) is 0 Å². The van der Waals surface area contributed by atoms with Crippen molar-refractivity contribution in [1.82, 2.24) is 0 Å². The molecule has 0 radical (unpaired) electrons. The number of hydrogen-bond acceptors (Lipinski definition) is 2. The van der Waals surface area contributed by atoms with Gasteiger partial charge in [-0.25, -0.2) is 0 Å². The molecule has 0 atom stereocenters. The first kappa shape index (κ1) is 46.0. The zero-order chi connectivity index (χ0) is 48.7. The number of fused-ring (bicyclic) bond motifs is 5. The fourth-order valence-electron chi connectivity index (χ4n) is 11.9. The zero-order valence-electron chi connectivity index (χ0n) is 44.0. The van der Waals surface area contributed by atoms with Crippen LogP contribution < -0.4 is 26.2 Å². The highest BCUT2D eigenvalue weighted by Crippen LogP contribution is 2.54. The molecular formula is C65H73BN2. The fourth-order valence-corrected chi connectivity index (χ4v) is 11.9. The van der Waals surface area contributed by atoms with Gasteiger partial charge in [-0.1, -0.05) is 196 Å². The van der Waals surface area contributed by atoms with E-state index in [0.717, 1.165) is 6.42 Å². The summed E-state index contributed by atoms with van der Waals surface area (Å²) in [6.45, 7) is 38.1. The van der Waals surface area contributed by atoms with E-state index in [-0.39, 0.29) is 39.2 Å². The average Bonchev–Trinajstić information content (AvgIpc) is 3.45. The van der Waals surface area contributed by atoms with Gasteiger partial charge in [0.25, 0.3) is 6.71 Å². The summed E-state index contributed by atoms with van der Waals surface area (Å²) in [4.78, 5) is 5.34. The molecule has 0 spiro atoms. The Morgan fingerprint density at radius 3 is 1.54 bits per heavy atom. The van der Waals surface area contributed by atoms with Crippen LogP contribution in [-0.4, -0.2) is 6.71 Å². The lowest BCUT2D eigenvalue weighted by Gasteiger charge is -2.46. The molecule has 0 fully saturated rings. The molecule has 10 rings (SSSR count). The average molecular weight is 893 g/mol. The third kappa shape index (κ3) is 7.64. The minimum atomic E-state index is -0.133. The van der Waals surface area contributed by atoms with E-state index in [1.165, 1.54) is 106 Å². The Bertz CT molecular complexity index is 3140. The predicted molar refractivity (Wildman–Crippen MR) is 297 cm³/mol. The molecule has 346 valence electrons. The summed E-state index contributed by atoms with van der Waals surface area (Å²) < 4.78 is 0. The van der Waals surface area contributed by atoms with Crippen molar-refractivity contribution in [2.45, 2.75) is 150 Å². The smallest absolute Gasteiger partial charge is 0.252 e. The maximum atomic E-state index is 2.71. The Labute approximate surface area is 409 Å². The third-order valence-corrected chi connectivity index (χ3v) is 15.6. The van der Waals surface area contributed by atoms with Crippen molar-refractivity contribution in [3.05, 3.63) is 173 Å². The lowest BCUT2D eigenvalue weighted by Crippen LogP contribution is -2.61. The zero-order valence-corrected chi connectivity index (χ0v) is 44.0. The first-order valence-electron chi connectivity index (χ1n) is 25.3. The van der Waals surface area contributed by atoms with E-state index in [1.54, 1.807) is 0 Å². The summed E-state index contributed by atoms with van der Waals surface area (Å²) in [6.07, 6.45) is 1.11. The number of anilines is 6. The molecule has 2 heterocycles. The molecule has 2 nitrogen and oxygen atoms in total. The molecule has 3 aliphatic rings. The SMILES string of the molecule is CC(C)(C)c1cccc(N2c3cc(C(C)(C)C)ccc3B3c4cc5c(cc4N(c4ccc(C(C)(C)C)cc4-c4cccc(-c6ccccc6)c4)c4cc(C(C)(C)C)cc2c43)C(C)(C)CC5(C)C)c1. The van der Waals surface area contributed by atoms with Crippen LogP contribution in [0.25, 0.3) is 22.3 Å². The Balaban J connectivity index is 1.36. The molecule has 0 bridgehead atoms. The summed E-state index contributed by atoms with van der Waals surface area (Å²) >= 11 is 0. The summed E-state index contributed by atoms with van der Waals surface area (Å²) in [5.41, 5.74) is 24.7. The normalized spacial score (nSPS) is 16.0. The van der Waals surface area contributed by atoms with Crippen LogP contribution in [0.15, 0.2) is 140 Å². The lowest BCUT2D eigenvalue weighted by molar-refractivity contribution is 0.403. The van der Waals surface area contributed by atoms with Crippen molar-refractivity contribution in [2.75, 3.05) is 9.80 Å². The number of nitrogens with zero attached hydrogens (tertiary/aromatic N) is 2.